The molecular weight excluding hydrogens is 148 g/mol. The minimum Gasteiger partial charge on any atom is -0.324 e. The molecule has 0 spiro atoms. The standard InChI is InChI=1S/C10H12N2/c1-8(12)10-5-3-2-4-9(10)6-7-11/h2-5,8H,6,12H2,1H3. The summed E-state index contributed by atoms with van der Waals surface area (Å²) in [5.74, 6) is 0. The minimum absolute atomic E-state index is 0.00884. The van der Waals surface area contributed by atoms with Crippen LogP contribution in [0.1, 0.15) is 24.1 Å². The largest absolute Gasteiger partial charge is 0.324 e. The van der Waals surface area contributed by atoms with Crippen molar-refractivity contribution < 1.29 is 0 Å². The molecule has 2 nitrogen and oxygen atoms in total. The number of rotatable bonds is 2. The Balaban J connectivity index is 3.02. The van der Waals surface area contributed by atoms with E-state index in [1.807, 2.05) is 31.2 Å². The van der Waals surface area contributed by atoms with Crippen LogP contribution in [0.3, 0.4) is 0 Å². The highest BCUT2D eigenvalue weighted by Gasteiger charge is 2.04. The van der Waals surface area contributed by atoms with Crippen molar-refractivity contribution >= 4 is 0 Å². The molecule has 0 aliphatic carbocycles. The molecule has 0 radical (unpaired) electrons. The van der Waals surface area contributed by atoms with Gasteiger partial charge in [0.15, 0.2) is 0 Å². The summed E-state index contributed by atoms with van der Waals surface area (Å²) in [5.41, 5.74) is 7.84. The Morgan fingerprint density at radius 3 is 2.75 bits per heavy atom. The molecule has 0 saturated carbocycles. The van der Waals surface area contributed by atoms with E-state index in [9.17, 15) is 0 Å². The van der Waals surface area contributed by atoms with Crippen LogP contribution < -0.4 is 5.73 Å². The van der Waals surface area contributed by atoms with Crippen molar-refractivity contribution in [1.82, 2.24) is 0 Å². The van der Waals surface area contributed by atoms with E-state index >= 15 is 0 Å². The summed E-state index contributed by atoms with van der Waals surface area (Å²) in [6, 6.07) is 9.92. The van der Waals surface area contributed by atoms with Crippen molar-refractivity contribution in [3.05, 3.63) is 35.4 Å². The second-order valence-electron chi connectivity index (χ2n) is 2.82. The zero-order valence-corrected chi connectivity index (χ0v) is 7.12. The first-order chi connectivity index (χ1) is 5.75. The van der Waals surface area contributed by atoms with E-state index in [2.05, 4.69) is 6.07 Å². The average Bonchev–Trinajstić information content (AvgIpc) is 2.05. The molecule has 0 saturated heterocycles. The number of hydrogen-bond donors (Lipinski definition) is 1. The molecule has 2 heteroatoms. The van der Waals surface area contributed by atoms with E-state index in [0.29, 0.717) is 6.42 Å². The Kier molecular flexibility index (Phi) is 2.84. The number of nitrogens with zero attached hydrogens (tertiary/aromatic N) is 1. The van der Waals surface area contributed by atoms with Crippen molar-refractivity contribution in [2.24, 2.45) is 5.73 Å². The molecule has 1 aromatic carbocycles. The van der Waals surface area contributed by atoms with Crippen molar-refractivity contribution in [2.45, 2.75) is 19.4 Å². The van der Waals surface area contributed by atoms with Gasteiger partial charge in [-0.25, -0.2) is 0 Å². The number of nitriles is 1. The Labute approximate surface area is 72.6 Å². The van der Waals surface area contributed by atoms with Gasteiger partial charge in [0, 0.05) is 6.04 Å². The third-order valence-corrected chi connectivity index (χ3v) is 1.82. The molecule has 12 heavy (non-hydrogen) atoms. The summed E-state index contributed by atoms with van der Waals surface area (Å²) in [5, 5.41) is 8.54. The third-order valence-electron chi connectivity index (χ3n) is 1.82. The van der Waals surface area contributed by atoms with Crippen LogP contribution in [0, 0.1) is 11.3 Å². The van der Waals surface area contributed by atoms with E-state index in [1.54, 1.807) is 0 Å². The van der Waals surface area contributed by atoms with Gasteiger partial charge in [-0.3, -0.25) is 0 Å². The molecule has 1 rings (SSSR count). The normalized spacial score (nSPS) is 12.1. The van der Waals surface area contributed by atoms with Gasteiger partial charge < -0.3 is 5.73 Å². The van der Waals surface area contributed by atoms with Gasteiger partial charge in [0.25, 0.3) is 0 Å². The fourth-order valence-electron chi connectivity index (χ4n) is 1.22. The predicted octanol–water partition coefficient (Wildman–Crippen LogP) is 1.77. The smallest absolute Gasteiger partial charge is 0.0669 e. The summed E-state index contributed by atoms with van der Waals surface area (Å²) >= 11 is 0. The first-order valence-corrected chi connectivity index (χ1v) is 3.96. The topological polar surface area (TPSA) is 49.8 Å². The summed E-state index contributed by atoms with van der Waals surface area (Å²) in [6.07, 6.45) is 0.442. The van der Waals surface area contributed by atoms with E-state index in [1.165, 1.54) is 0 Å². The van der Waals surface area contributed by atoms with Crippen LogP contribution >= 0.6 is 0 Å². The lowest BCUT2D eigenvalue weighted by Gasteiger charge is -2.09. The first kappa shape index (κ1) is 8.76. The molecule has 0 aliphatic rings. The maximum absolute atomic E-state index is 8.54. The minimum atomic E-state index is 0.00884. The van der Waals surface area contributed by atoms with Crippen molar-refractivity contribution in [2.75, 3.05) is 0 Å². The highest BCUT2D eigenvalue weighted by Crippen LogP contribution is 2.15. The van der Waals surface area contributed by atoms with Crippen molar-refractivity contribution in [3.8, 4) is 6.07 Å². The summed E-state index contributed by atoms with van der Waals surface area (Å²) in [6.45, 7) is 1.93. The van der Waals surface area contributed by atoms with Crippen molar-refractivity contribution in [1.29, 1.82) is 5.26 Å². The second-order valence-corrected chi connectivity index (χ2v) is 2.82. The summed E-state index contributed by atoms with van der Waals surface area (Å²) < 4.78 is 0. The van der Waals surface area contributed by atoms with Crippen LogP contribution in [0.5, 0.6) is 0 Å². The van der Waals surface area contributed by atoms with Gasteiger partial charge in [-0.15, -0.1) is 0 Å². The van der Waals surface area contributed by atoms with Gasteiger partial charge in [0.05, 0.1) is 12.5 Å². The highest BCUT2D eigenvalue weighted by molar-refractivity contribution is 5.31. The zero-order valence-electron chi connectivity index (χ0n) is 7.12. The third kappa shape index (κ3) is 1.84. The molecule has 0 aromatic heterocycles. The van der Waals surface area contributed by atoms with Crippen LogP contribution in [-0.2, 0) is 6.42 Å². The van der Waals surface area contributed by atoms with E-state index in [0.717, 1.165) is 11.1 Å². The van der Waals surface area contributed by atoms with E-state index < -0.39 is 0 Å². The zero-order chi connectivity index (χ0) is 8.97. The number of benzene rings is 1. The first-order valence-electron chi connectivity index (χ1n) is 3.96. The summed E-state index contributed by atoms with van der Waals surface area (Å²) in [7, 11) is 0. The molecule has 0 heterocycles. The van der Waals surface area contributed by atoms with Crippen LogP contribution in [0.15, 0.2) is 24.3 Å². The lowest BCUT2D eigenvalue weighted by Crippen LogP contribution is -2.07. The van der Waals surface area contributed by atoms with Crippen LogP contribution in [0.25, 0.3) is 0 Å². The molecular formula is C10H12N2. The maximum Gasteiger partial charge on any atom is 0.0669 e. The lowest BCUT2D eigenvalue weighted by atomic mass is 10.0. The van der Waals surface area contributed by atoms with Crippen LogP contribution in [-0.4, -0.2) is 0 Å². The van der Waals surface area contributed by atoms with E-state index in [-0.39, 0.29) is 6.04 Å². The monoisotopic (exact) mass is 160 g/mol. The maximum atomic E-state index is 8.54. The van der Waals surface area contributed by atoms with Crippen LogP contribution in [0.4, 0.5) is 0 Å². The van der Waals surface area contributed by atoms with E-state index in [4.69, 9.17) is 11.0 Å². The van der Waals surface area contributed by atoms with Gasteiger partial charge in [-0.2, -0.15) is 5.26 Å². The second kappa shape index (κ2) is 3.89. The summed E-state index contributed by atoms with van der Waals surface area (Å²) in [4.78, 5) is 0. The Bertz CT molecular complexity index is 297. The molecule has 0 fully saturated rings. The Morgan fingerprint density at radius 2 is 2.17 bits per heavy atom. The van der Waals surface area contributed by atoms with Gasteiger partial charge in [0.2, 0.25) is 0 Å². The molecule has 2 N–H and O–H groups in total. The van der Waals surface area contributed by atoms with Crippen molar-refractivity contribution in [3.63, 3.8) is 0 Å². The van der Waals surface area contributed by atoms with Gasteiger partial charge in [-0.05, 0) is 18.1 Å². The SMILES string of the molecule is CC(N)c1ccccc1CC#N. The average molecular weight is 160 g/mol. The Hall–Kier alpha value is -1.33. The molecule has 1 unspecified atom stereocenters. The van der Waals surface area contributed by atoms with Gasteiger partial charge >= 0.3 is 0 Å². The molecule has 1 atom stereocenters. The molecule has 0 amide bonds. The fraction of sp³-hybridized carbons (Fsp3) is 0.300. The fourth-order valence-corrected chi connectivity index (χ4v) is 1.22. The van der Waals surface area contributed by atoms with Gasteiger partial charge in [-0.1, -0.05) is 24.3 Å². The number of hydrogen-bond acceptors (Lipinski definition) is 2. The quantitative estimate of drug-likeness (QED) is 0.716. The molecule has 62 valence electrons. The van der Waals surface area contributed by atoms with Gasteiger partial charge in [0.1, 0.15) is 0 Å². The highest BCUT2D eigenvalue weighted by atomic mass is 14.6. The molecule has 0 bridgehead atoms. The lowest BCUT2D eigenvalue weighted by molar-refractivity contribution is 0.806. The van der Waals surface area contributed by atoms with Crippen LogP contribution in [0.2, 0.25) is 0 Å². The molecule has 1 aromatic rings. The molecule has 0 aliphatic heterocycles. The Morgan fingerprint density at radius 1 is 1.50 bits per heavy atom. The predicted molar refractivity (Wildman–Crippen MR) is 48.4 cm³/mol. The number of nitrogens with two attached hydrogens (primary N) is 1.